The summed E-state index contributed by atoms with van der Waals surface area (Å²) in [6, 6.07) is -0.170. The van der Waals surface area contributed by atoms with E-state index < -0.39 is 12.1 Å². The van der Waals surface area contributed by atoms with Gasteiger partial charge in [-0.2, -0.15) is 0 Å². The molecule has 18 heavy (non-hydrogen) atoms. The fourth-order valence-electron chi connectivity index (χ4n) is 1.95. The second-order valence-corrected chi connectivity index (χ2v) is 6.14. The fraction of sp³-hybridized carbons (Fsp3) is 0.727. The summed E-state index contributed by atoms with van der Waals surface area (Å²) in [6.07, 6.45) is 2.10. The van der Waals surface area contributed by atoms with Crippen LogP contribution in [-0.2, 0) is 14.2 Å². The molecular weight excluding hydrogens is 253 g/mol. The van der Waals surface area contributed by atoms with E-state index in [0.717, 1.165) is 7.15 Å². The van der Waals surface area contributed by atoms with Crippen molar-refractivity contribution in [3.8, 4) is 0 Å². The van der Waals surface area contributed by atoms with Crippen LogP contribution in [0.4, 0.5) is 0 Å². The van der Waals surface area contributed by atoms with Crippen molar-refractivity contribution in [2.24, 2.45) is 0 Å². The van der Waals surface area contributed by atoms with E-state index in [0.29, 0.717) is 5.75 Å². The van der Waals surface area contributed by atoms with Crippen molar-refractivity contribution in [3.63, 3.8) is 0 Å². The first kappa shape index (κ1) is 15.4. The number of aliphatic hydroxyl groups excluding tert-OH is 1. The predicted molar refractivity (Wildman–Crippen MR) is 70.6 cm³/mol. The Labute approximate surface area is 112 Å². The summed E-state index contributed by atoms with van der Waals surface area (Å²) in [6.45, 7) is 4.02. The fourth-order valence-corrected chi connectivity index (χ4v) is 3.28. The van der Waals surface area contributed by atoms with Crippen LogP contribution in [0.2, 0.25) is 0 Å². The van der Waals surface area contributed by atoms with Crippen molar-refractivity contribution in [2.45, 2.75) is 30.9 Å². The molecule has 1 aliphatic heterocycles. The van der Waals surface area contributed by atoms with Gasteiger partial charge in [0.25, 0.3) is 0 Å². The molecule has 0 bridgehead atoms. The summed E-state index contributed by atoms with van der Waals surface area (Å²) in [5.41, 5.74) is 0. The molecule has 0 aromatic rings. The molecule has 0 aromatic carbocycles. The zero-order valence-electron chi connectivity index (χ0n) is 10.8. The van der Waals surface area contributed by atoms with E-state index >= 15 is 0 Å². The molecule has 2 unspecified atom stereocenters. The van der Waals surface area contributed by atoms with Crippen LogP contribution in [0.15, 0.2) is 12.2 Å². The topological polar surface area (TPSA) is 66.8 Å². The summed E-state index contributed by atoms with van der Waals surface area (Å²) in [5.74, 6) is 0.217. The number of methoxy groups -OCH3 is 1. The Hall–Kier alpha value is -0.655. The van der Waals surface area contributed by atoms with Gasteiger partial charge in [0, 0.05) is 0 Å². The molecule has 1 aliphatic rings. The standard InChI is InChI=1S/C11H18BNO4S/c1-11(2)13(7-12-16)8(6-18-11)9(14)4-5-10(15)17-3/h4-5,8-9,14H,6-7H2,1-3H3/b5-4+. The van der Waals surface area contributed by atoms with E-state index in [1.807, 2.05) is 18.7 Å². The Balaban J connectivity index is 2.72. The van der Waals surface area contributed by atoms with Crippen LogP contribution in [0.1, 0.15) is 13.8 Å². The number of carbonyl (C=O) groups excluding carboxylic acids is 1. The molecule has 1 fully saturated rings. The van der Waals surface area contributed by atoms with Crippen molar-refractivity contribution in [3.05, 3.63) is 12.2 Å². The van der Waals surface area contributed by atoms with Gasteiger partial charge in [-0.15, -0.1) is 0 Å². The van der Waals surface area contributed by atoms with E-state index in [-0.39, 0.29) is 17.4 Å². The third kappa shape index (κ3) is 3.67. The van der Waals surface area contributed by atoms with Gasteiger partial charge < -0.3 is 0 Å². The molecule has 5 nitrogen and oxygen atoms in total. The number of nitrogens with zero attached hydrogens (tertiary/aromatic N) is 1. The van der Waals surface area contributed by atoms with Gasteiger partial charge in [0.1, 0.15) is 0 Å². The minimum atomic E-state index is -0.793. The van der Waals surface area contributed by atoms with Crippen LogP contribution < -0.4 is 0 Å². The first-order valence-electron chi connectivity index (χ1n) is 5.71. The molecule has 2 atom stereocenters. The average Bonchev–Trinajstić information content (AvgIpc) is 2.62. The van der Waals surface area contributed by atoms with Gasteiger partial charge in [-0.05, 0) is 0 Å². The average molecular weight is 271 g/mol. The molecule has 0 aromatic heterocycles. The molecule has 1 saturated heterocycles. The second kappa shape index (κ2) is 6.49. The molecule has 1 heterocycles. The molecule has 1 rings (SSSR count). The quantitative estimate of drug-likeness (QED) is 0.439. The number of aliphatic hydroxyl groups is 1. The Morgan fingerprint density at radius 3 is 2.94 bits per heavy atom. The van der Waals surface area contributed by atoms with E-state index in [4.69, 9.17) is 0 Å². The number of hydrogen-bond donors (Lipinski definition) is 1. The van der Waals surface area contributed by atoms with E-state index in [2.05, 4.69) is 4.74 Å². The second-order valence-electron chi connectivity index (χ2n) is 4.52. The van der Waals surface area contributed by atoms with Gasteiger partial charge in [0.05, 0.1) is 0 Å². The van der Waals surface area contributed by atoms with Crippen LogP contribution in [0.5, 0.6) is 0 Å². The molecule has 0 spiro atoms. The van der Waals surface area contributed by atoms with Crippen molar-refractivity contribution in [1.29, 1.82) is 0 Å². The number of carbonyl (C=O) groups is 1. The van der Waals surface area contributed by atoms with Crippen LogP contribution in [0.3, 0.4) is 0 Å². The molecule has 0 aliphatic carbocycles. The normalized spacial score (nSPS) is 25.0. The van der Waals surface area contributed by atoms with E-state index in [1.54, 1.807) is 11.8 Å². The number of hydrogen-bond acceptors (Lipinski definition) is 6. The van der Waals surface area contributed by atoms with Crippen molar-refractivity contribution in [2.75, 3.05) is 19.3 Å². The summed E-state index contributed by atoms with van der Waals surface area (Å²) >= 11 is 1.68. The predicted octanol–water partition coefficient (Wildman–Crippen LogP) is 0.237. The molecule has 100 valence electrons. The van der Waals surface area contributed by atoms with Crippen molar-refractivity contribution in [1.82, 2.24) is 4.90 Å². The van der Waals surface area contributed by atoms with Crippen LogP contribution in [0.25, 0.3) is 0 Å². The van der Waals surface area contributed by atoms with Crippen LogP contribution in [0, 0.1) is 0 Å². The van der Waals surface area contributed by atoms with Gasteiger partial charge in [0.15, 0.2) is 0 Å². The SMILES string of the molecule is COC(=O)/C=C/C(O)C1CSC(C)(C)N1CB=O. The molecular formula is C11H18BNO4S. The first-order valence-corrected chi connectivity index (χ1v) is 6.69. The minimum absolute atomic E-state index is 0.170. The summed E-state index contributed by atoms with van der Waals surface area (Å²) in [7, 11) is 2.11. The zero-order valence-corrected chi connectivity index (χ0v) is 11.6. The third-order valence-corrected chi connectivity index (χ3v) is 4.44. The van der Waals surface area contributed by atoms with Crippen molar-refractivity contribution < 1.29 is 19.3 Å². The van der Waals surface area contributed by atoms with Gasteiger partial charge in [-0.1, -0.05) is 0 Å². The van der Waals surface area contributed by atoms with E-state index in [9.17, 15) is 14.6 Å². The Morgan fingerprint density at radius 1 is 1.72 bits per heavy atom. The number of rotatable bonds is 5. The Morgan fingerprint density at radius 2 is 2.39 bits per heavy atom. The third-order valence-electron chi connectivity index (χ3n) is 3.00. The Bertz CT molecular complexity index is 348. The molecule has 7 heteroatoms. The maximum atomic E-state index is 11.0. The molecule has 0 saturated carbocycles. The molecule has 1 N–H and O–H groups in total. The maximum absolute atomic E-state index is 11.0. The zero-order chi connectivity index (χ0) is 13.8. The van der Waals surface area contributed by atoms with Gasteiger partial charge in [-0.3, -0.25) is 0 Å². The van der Waals surface area contributed by atoms with Crippen molar-refractivity contribution >= 4 is 24.9 Å². The summed E-state index contributed by atoms with van der Waals surface area (Å²) in [4.78, 5) is 12.7. The van der Waals surface area contributed by atoms with E-state index in [1.165, 1.54) is 19.3 Å². The Kier molecular flexibility index (Phi) is 5.56. The van der Waals surface area contributed by atoms with Gasteiger partial charge >= 0.3 is 111 Å². The van der Waals surface area contributed by atoms with Gasteiger partial charge in [-0.25, -0.2) is 0 Å². The van der Waals surface area contributed by atoms with Crippen LogP contribution >= 0.6 is 11.8 Å². The molecule has 0 amide bonds. The van der Waals surface area contributed by atoms with Crippen LogP contribution in [-0.4, -0.2) is 59.4 Å². The number of esters is 1. The summed E-state index contributed by atoms with van der Waals surface area (Å²) in [5, 5.41) is 10.1. The summed E-state index contributed by atoms with van der Waals surface area (Å²) < 4.78 is 15.2. The number of ether oxygens (including phenoxy) is 1. The number of thioether (sulfide) groups is 1. The first-order chi connectivity index (χ1) is 8.42. The molecule has 0 radical (unpaired) electrons. The monoisotopic (exact) mass is 271 g/mol. The van der Waals surface area contributed by atoms with Gasteiger partial charge in [0.2, 0.25) is 0 Å².